The monoisotopic (exact) mass is 272 g/mol. The summed E-state index contributed by atoms with van der Waals surface area (Å²) in [5.41, 5.74) is 1.89. The second kappa shape index (κ2) is 8.57. The molecule has 0 aromatic carbocycles. The van der Waals surface area contributed by atoms with Gasteiger partial charge in [0.2, 0.25) is 0 Å². The first-order valence-electron chi connectivity index (χ1n) is 7.57. The lowest BCUT2D eigenvalue weighted by atomic mass is 9.89. The minimum atomic E-state index is 0.473. The first-order chi connectivity index (χ1) is 9.69. The normalized spacial score (nSPS) is 19.8. The van der Waals surface area contributed by atoms with Gasteiger partial charge in [0.15, 0.2) is 0 Å². The van der Waals surface area contributed by atoms with Crippen molar-refractivity contribution in [3.05, 3.63) is 49.2 Å². The van der Waals surface area contributed by atoms with Crippen LogP contribution in [0.2, 0.25) is 0 Å². The molecule has 2 unspecified atom stereocenters. The van der Waals surface area contributed by atoms with Gasteiger partial charge >= 0.3 is 0 Å². The average molecular weight is 272 g/mol. The Morgan fingerprint density at radius 2 is 2.20 bits per heavy atom. The molecule has 0 saturated carbocycles. The summed E-state index contributed by atoms with van der Waals surface area (Å²) in [6.07, 6.45) is 14.0. The predicted molar refractivity (Wildman–Crippen MR) is 90.2 cm³/mol. The number of rotatable bonds is 8. The molecule has 1 rings (SSSR count). The number of aliphatic imine (C=N–C) groups is 1. The lowest BCUT2D eigenvalue weighted by Crippen LogP contribution is -2.41. The second-order valence-electron chi connectivity index (χ2n) is 5.14. The van der Waals surface area contributed by atoms with E-state index in [-0.39, 0.29) is 0 Å². The van der Waals surface area contributed by atoms with Crippen LogP contribution >= 0.6 is 0 Å². The fourth-order valence-corrected chi connectivity index (χ4v) is 2.87. The molecule has 1 aliphatic carbocycles. The standard InChI is InChI=1S/C18H28N2/c1-6-14-20(15(4)17(7-2)19-5)18(8-3)16-12-10-9-11-13-16/h7,9-12,16,18H,2,4,6,8,13-14H2,1,3,5H3. The van der Waals surface area contributed by atoms with E-state index in [9.17, 15) is 0 Å². The fraction of sp³-hybridized carbons (Fsp3) is 0.500. The number of nitrogens with zero attached hydrogens (tertiary/aromatic N) is 2. The van der Waals surface area contributed by atoms with Gasteiger partial charge in [-0.2, -0.15) is 0 Å². The molecule has 0 aromatic heterocycles. The molecule has 0 saturated heterocycles. The molecule has 0 radical (unpaired) electrons. The molecule has 0 heterocycles. The summed E-state index contributed by atoms with van der Waals surface area (Å²) in [7, 11) is 1.80. The SMILES string of the molecule is C=CC(=NC)C(=C)N(CCC)C(CC)C1C=CC=CC1. The van der Waals surface area contributed by atoms with Crippen molar-refractivity contribution in [2.24, 2.45) is 10.9 Å². The molecule has 0 aromatic rings. The van der Waals surface area contributed by atoms with Gasteiger partial charge in [0.1, 0.15) is 0 Å². The molecular formula is C18H28N2. The quantitative estimate of drug-likeness (QED) is 0.599. The van der Waals surface area contributed by atoms with Crippen LogP contribution in [0.4, 0.5) is 0 Å². The van der Waals surface area contributed by atoms with Gasteiger partial charge in [-0.05, 0) is 25.3 Å². The lowest BCUT2D eigenvalue weighted by molar-refractivity contribution is 0.210. The molecule has 2 atom stereocenters. The summed E-state index contributed by atoms with van der Waals surface area (Å²) in [6, 6.07) is 0.473. The topological polar surface area (TPSA) is 15.6 Å². The fourth-order valence-electron chi connectivity index (χ4n) is 2.87. The Morgan fingerprint density at radius 1 is 1.45 bits per heavy atom. The zero-order valence-electron chi connectivity index (χ0n) is 13.2. The highest BCUT2D eigenvalue weighted by Gasteiger charge is 2.25. The first-order valence-corrected chi connectivity index (χ1v) is 7.57. The molecule has 0 spiro atoms. The van der Waals surface area contributed by atoms with E-state index in [1.54, 1.807) is 13.1 Å². The van der Waals surface area contributed by atoms with Crippen LogP contribution < -0.4 is 0 Å². The van der Waals surface area contributed by atoms with Crippen molar-refractivity contribution < 1.29 is 0 Å². The van der Waals surface area contributed by atoms with Gasteiger partial charge in [-0.25, -0.2) is 0 Å². The highest BCUT2D eigenvalue weighted by Crippen LogP contribution is 2.26. The van der Waals surface area contributed by atoms with Crippen molar-refractivity contribution in [1.82, 2.24) is 4.90 Å². The van der Waals surface area contributed by atoms with Gasteiger partial charge in [-0.3, -0.25) is 4.99 Å². The van der Waals surface area contributed by atoms with Crippen LogP contribution in [0.1, 0.15) is 33.1 Å². The Morgan fingerprint density at radius 3 is 2.65 bits per heavy atom. The Bertz CT molecular complexity index is 415. The van der Waals surface area contributed by atoms with Crippen molar-refractivity contribution in [3.63, 3.8) is 0 Å². The van der Waals surface area contributed by atoms with Crippen molar-refractivity contribution in [3.8, 4) is 0 Å². The Hall–Kier alpha value is -1.57. The van der Waals surface area contributed by atoms with E-state index >= 15 is 0 Å². The molecule has 2 heteroatoms. The molecule has 0 bridgehead atoms. The number of hydrogen-bond acceptors (Lipinski definition) is 2. The third-order valence-electron chi connectivity index (χ3n) is 3.87. The molecule has 110 valence electrons. The van der Waals surface area contributed by atoms with Gasteiger partial charge in [0.25, 0.3) is 0 Å². The van der Waals surface area contributed by atoms with Crippen LogP contribution in [0.3, 0.4) is 0 Å². The Kier molecular flexibility index (Phi) is 7.06. The Balaban J connectivity index is 2.97. The average Bonchev–Trinajstić information content (AvgIpc) is 2.49. The maximum absolute atomic E-state index is 4.30. The van der Waals surface area contributed by atoms with E-state index in [0.717, 1.165) is 37.2 Å². The second-order valence-corrected chi connectivity index (χ2v) is 5.14. The minimum Gasteiger partial charge on any atom is -0.367 e. The van der Waals surface area contributed by atoms with Crippen LogP contribution in [0, 0.1) is 5.92 Å². The number of hydrogen-bond donors (Lipinski definition) is 0. The molecule has 1 aliphatic rings. The van der Waals surface area contributed by atoms with Crippen molar-refractivity contribution in [1.29, 1.82) is 0 Å². The van der Waals surface area contributed by atoms with Gasteiger partial charge in [0, 0.05) is 25.6 Å². The minimum absolute atomic E-state index is 0.473. The smallest absolute Gasteiger partial charge is 0.0792 e. The Labute approximate surface area is 124 Å². The summed E-state index contributed by atoms with van der Waals surface area (Å²) < 4.78 is 0. The molecule has 0 N–H and O–H groups in total. The summed E-state index contributed by atoms with van der Waals surface area (Å²) in [5.74, 6) is 0.552. The van der Waals surface area contributed by atoms with Crippen LogP contribution in [0.25, 0.3) is 0 Å². The van der Waals surface area contributed by atoms with Crippen LogP contribution in [-0.2, 0) is 0 Å². The molecular weight excluding hydrogens is 244 g/mol. The van der Waals surface area contributed by atoms with Crippen LogP contribution in [0.15, 0.2) is 54.2 Å². The van der Waals surface area contributed by atoms with E-state index < -0.39 is 0 Å². The largest absolute Gasteiger partial charge is 0.367 e. The van der Waals surface area contributed by atoms with E-state index in [2.05, 4.69) is 61.2 Å². The summed E-state index contributed by atoms with van der Waals surface area (Å²) in [4.78, 5) is 6.71. The van der Waals surface area contributed by atoms with E-state index in [4.69, 9.17) is 0 Å². The first kappa shape index (κ1) is 16.5. The van der Waals surface area contributed by atoms with E-state index in [1.807, 2.05) is 0 Å². The van der Waals surface area contributed by atoms with Crippen molar-refractivity contribution in [2.45, 2.75) is 39.2 Å². The van der Waals surface area contributed by atoms with E-state index in [0.29, 0.717) is 12.0 Å². The summed E-state index contributed by atoms with van der Waals surface area (Å²) >= 11 is 0. The van der Waals surface area contributed by atoms with Gasteiger partial charge in [0.05, 0.1) is 11.4 Å². The van der Waals surface area contributed by atoms with E-state index in [1.165, 1.54) is 0 Å². The molecule has 0 aliphatic heterocycles. The highest BCUT2D eigenvalue weighted by molar-refractivity contribution is 6.07. The van der Waals surface area contributed by atoms with Crippen LogP contribution in [0.5, 0.6) is 0 Å². The van der Waals surface area contributed by atoms with Gasteiger partial charge < -0.3 is 4.90 Å². The highest BCUT2D eigenvalue weighted by atomic mass is 15.2. The van der Waals surface area contributed by atoms with Gasteiger partial charge in [-0.1, -0.05) is 51.3 Å². The maximum Gasteiger partial charge on any atom is 0.0792 e. The molecule has 0 fully saturated rings. The zero-order valence-corrected chi connectivity index (χ0v) is 13.2. The van der Waals surface area contributed by atoms with Crippen molar-refractivity contribution >= 4 is 5.71 Å². The third kappa shape index (κ3) is 3.96. The zero-order chi connectivity index (χ0) is 15.0. The summed E-state index contributed by atoms with van der Waals surface area (Å²) in [5, 5.41) is 0. The molecule has 20 heavy (non-hydrogen) atoms. The van der Waals surface area contributed by atoms with Crippen LogP contribution in [-0.4, -0.2) is 30.2 Å². The van der Waals surface area contributed by atoms with Crippen molar-refractivity contribution in [2.75, 3.05) is 13.6 Å². The lowest BCUT2D eigenvalue weighted by Gasteiger charge is -2.38. The third-order valence-corrected chi connectivity index (χ3v) is 3.87. The van der Waals surface area contributed by atoms with Gasteiger partial charge in [-0.15, -0.1) is 0 Å². The maximum atomic E-state index is 4.30. The number of allylic oxidation sites excluding steroid dienone is 4. The summed E-state index contributed by atoms with van der Waals surface area (Å²) in [6.45, 7) is 13.6. The molecule has 2 nitrogen and oxygen atoms in total. The predicted octanol–water partition coefficient (Wildman–Crippen LogP) is 4.38. The molecule has 0 amide bonds.